The minimum absolute atomic E-state index is 0.101. The number of alkyl halides is 1. The summed E-state index contributed by atoms with van der Waals surface area (Å²) < 4.78 is 13.0. The molecular weight excluding hydrogens is 262 g/mol. The summed E-state index contributed by atoms with van der Waals surface area (Å²) >= 11 is 8.13. The van der Waals surface area contributed by atoms with Crippen LogP contribution in [0.15, 0.2) is 16.6 Å². The van der Waals surface area contributed by atoms with Crippen molar-refractivity contribution in [3.63, 3.8) is 0 Å². The van der Waals surface area contributed by atoms with Crippen molar-refractivity contribution in [1.82, 2.24) is 0 Å². The zero-order valence-corrected chi connectivity index (χ0v) is 8.69. The number of halogens is 3. The van der Waals surface area contributed by atoms with E-state index in [9.17, 15) is 14.3 Å². The van der Waals surface area contributed by atoms with Crippen molar-refractivity contribution >= 4 is 33.3 Å². The van der Waals surface area contributed by atoms with Gasteiger partial charge in [0.2, 0.25) is 0 Å². The van der Waals surface area contributed by atoms with Crippen LogP contribution in [0.2, 0.25) is 0 Å². The fraction of sp³-hybridized carbons (Fsp3) is 0.125. The van der Waals surface area contributed by atoms with Crippen molar-refractivity contribution in [1.29, 1.82) is 0 Å². The van der Waals surface area contributed by atoms with Gasteiger partial charge < -0.3 is 5.11 Å². The highest BCUT2D eigenvalue weighted by molar-refractivity contribution is 9.10. The summed E-state index contributed by atoms with van der Waals surface area (Å²) in [7, 11) is 0. The van der Waals surface area contributed by atoms with E-state index in [1.165, 1.54) is 0 Å². The monoisotopic (exact) mass is 266 g/mol. The van der Waals surface area contributed by atoms with Crippen LogP contribution in [-0.2, 0) is 0 Å². The Kier molecular flexibility index (Phi) is 3.27. The van der Waals surface area contributed by atoms with E-state index in [2.05, 4.69) is 15.9 Å². The summed E-state index contributed by atoms with van der Waals surface area (Å²) in [5, 5.41) is 9.24. The summed E-state index contributed by atoms with van der Waals surface area (Å²) in [4.78, 5) is 11.0. The molecule has 0 saturated carbocycles. The lowest BCUT2D eigenvalue weighted by molar-refractivity contribution is 0.101. The molecule has 0 aromatic heterocycles. The smallest absolute Gasteiger partial charge is 0.181 e. The molecule has 0 atom stereocenters. The number of Topliss-reactive ketones (excluding diaryl/α,β-unsaturated/α-hetero) is 1. The number of hydrogen-bond donors (Lipinski definition) is 1. The number of phenolic OH excluding ortho intramolecular Hbond substituents is 1. The minimum Gasteiger partial charge on any atom is -0.507 e. The van der Waals surface area contributed by atoms with E-state index in [0.717, 1.165) is 12.1 Å². The molecule has 1 aromatic rings. The SMILES string of the molecule is O=C(CCl)c1cc(F)c(Br)cc1O. The Hall–Kier alpha value is -0.610. The Morgan fingerprint density at radius 1 is 1.62 bits per heavy atom. The van der Waals surface area contributed by atoms with Crippen LogP contribution < -0.4 is 0 Å². The van der Waals surface area contributed by atoms with Crippen LogP contribution in [0.1, 0.15) is 10.4 Å². The van der Waals surface area contributed by atoms with Gasteiger partial charge in [0.1, 0.15) is 11.6 Å². The van der Waals surface area contributed by atoms with E-state index in [4.69, 9.17) is 11.6 Å². The van der Waals surface area contributed by atoms with Crippen molar-refractivity contribution in [2.75, 3.05) is 5.88 Å². The van der Waals surface area contributed by atoms with Gasteiger partial charge in [0, 0.05) is 0 Å². The second-order valence-corrected chi connectivity index (χ2v) is 3.46. The average molecular weight is 267 g/mol. The Bertz CT molecular complexity index is 354. The lowest BCUT2D eigenvalue weighted by Crippen LogP contribution is -2.01. The fourth-order valence-corrected chi connectivity index (χ4v) is 1.31. The number of benzene rings is 1. The Balaban J connectivity index is 3.23. The predicted octanol–water partition coefficient (Wildman–Crippen LogP) is 2.72. The average Bonchev–Trinajstić information content (AvgIpc) is 2.10. The van der Waals surface area contributed by atoms with Crippen molar-refractivity contribution in [3.05, 3.63) is 28.0 Å². The van der Waals surface area contributed by atoms with Crippen LogP contribution in [0.4, 0.5) is 4.39 Å². The quantitative estimate of drug-likeness (QED) is 0.661. The standard InChI is InChI=1S/C8H5BrClFO2/c9-5-2-7(12)4(1-6(5)11)8(13)3-10/h1-2,12H,3H2. The normalized spacial score (nSPS) is 10.1. The molecule has 0 unspecified atom stereocenters. The molecule has 0 aliphatic heterocycles. The second-order valence-electron chi connectivity index (χ2n) is 2.34. The maximum absolute atomic E-state index is 12.9. The zero-order chi connectivity index (χ0) is 10.0. The van der Waals surface area contributed by atoms with E-state index in [0.29, 0.717) is 0 Å². The number of carbonyl (C=O) groups excluding carboxylic acids is 1. The molecule has 2 nitrogen and oxygen atoms in total. The highest BCUT2D eigenvalue weighted by atomic mass is 79.9. The van der Waals surface area contributed by atoms with Crippen LogP contribution in [0.3, 0.4) is 0 Å². The van der Waals surface area contributed by atoms with Gasteiger partial charge in [-0.05, 0) is 28.1 Å². The molecule has 1 rings (SSSR count). The van der Waals surface area contributed by atoms with Crippen LogP contribution in [0.5, 0.6) is 5.75 Å². The van der Waals surface area contributed by atoms with Gasteiger partial charge in [-0.15, -0.1) is 11.6 Å². The van der Waals surface area contributed by atoms with Crippen molar-refractivity contribution in [3.8, 4) is 5.75 Å². The number of aromatic hydroxyl groups is 1. The third-order valence-corrected chi connectivity index (χ3v) is 2.31. The summed E-state index contributed by atoms with van der Waals surface area (Å²) in [6.07, 6.45) is 0. The van der Waals surface area contributed by atoms with Gasteiger partial charge in [-0.3, -0.25) is 4.79 Å². The summed E-state index contributed by atoms with van der Waals surface area (Å²) in [5.74, 6) is -1.68. The molecule has 13 heavy (non-hydrogen) atoms. The molecule has 0 fully saturated rings. The summed E-state index contributed by atoms with van der Waals surface area (Å²) in [6.45, 7) is 0. The van der Waals surface area contributed by atoms with Crippen LogP contribution in [-0.4, -0.2) is 16.8 Å². The van der Waals surface area contributed by atoms with Gasteiger partial charge in [-0.25, -0.2) is 4.39 Å². The Labute approximate surface area is 87.5 Å². The molecule has 0 heterocycles. The van der Waals surface area contributed by atoms with Crippen LogP contribution >= 0.6 is 27.5 Å². The highest BCUT2D eigenvalue weighted by Gasteiger charge is 2.13. The first kappa shape index (κ1) is 10.5. The van der Waals surface area contributed by atoms with E-state index in [-0.39, 0.29) is 21.7 Å². The van der Waals surface area contributed by atoms with Crippen molar-refractivity contribution < 1.29 is 14.3 Å². The van der Waals surface area contributed by atoms with Crippen molar-refractivity contribution in [2.24, 2.45) is 0 Å². The third-order valence-electron chi connectivity index (χ3n) is 1.46. The van der Waals surface area contributed by atoms with Gasteiger partial charge in [0.05, 0.1) is 15.9 Å². The summed E-state index contributed by atoms with van der Waals surface area (Å²) in [5.41, 5.74) is -0.101. The van der Waals surface area contributed by atoms with Gasteiger partial charge in [-0.2, -0.15) is 0 Å². The first-order chi connectivity index (χ1) is 6.06. The number of carbonyl (C=O) groups is 1. The van der Waals surface area contributed by atoms with E-state index in [1.807, 2.05) is 0 Å². The molecule has 5 heteroatoms. The van der Waals surface area contributed by atoms with Gasteiger partial charge in [0.25, 0.3) is 0 Å². The molecule has 0 radical (unpaired) electrons. The number of hydrogen-bond acceptors (Lipinski definition) is 2. The first-order valence-corrected chi connectivity index (χ1v) is 4.66. The van der Waals surface area contributed by atoms with E-state index < -0.39 is 11.6 Å². The van der Waals surface area contributed by atoms with Gasteiger partial charge >= 0.3 is 0 Å². The second kappa shape index (κ2) is 4.07. The van der Waals surface area contributed by atoms with E-state index in [1.54, 1.807) is 0 Å². The first-order valence-electron chi connectivity index (χ1n) is 3.33. The maximum Gasteiger partial charge on any atom is 0.181 e. The lowest BCUT2D eigenvalue weighted by atomic mass is 10.1. The molecule has 1 aromatic carbocycles. The molecule has 0 aliphatic rings. The maximum atomic E-state index is 12.9. The molecule has 0 bridgehead atoms. The number of phenols is 1. The zero-order valence-electron chi connectivity index (χ0n) is 6.35. The molecule has 0 aliphatic carbocycles. The molecule has 0 saturated heterocycles. The fourth-order valence-electron chi connectivity index (χ4n) is 0.832. The Morgan fingerprint density at radius 2 is 2.23 bits per heavy atom. The van der Waals surface area contributed by atoms with Gasteiger partial charge in [-0.1, -0.05) is 0 Å². The molecule has 0 spiro atoms. The lowest BCUT2D eigenvalue weighted by Gasteiger charge is -2.02. The summed E-state index contributed by atoms with van der Waals surface area (Å²) in [6, 6.07) is 2.07. The highest BCUT2D eigenvalue weighted by Crippen LogP contribution is 2.26. The molecule has 0 amide bonds. The number of rotatable bonds is 2. The molecule has 70 valence electrons. The van der Waals surface area contributed by atoms with E-state index >= 15 is 0 Å². The third kappa shape index (κ3) is 2.19. The number of ketones is 1. The van der Waals surface area contributed by atoms with Crippen LogP contribution in [0.25, 0.3) is 0 Å². The molecule has 1 N–H and O–H groups in total. The topological polar surface area (TPSA) is 37.3 Å². The van der Waals surface area contributed by atoms with Gasteiger partial charge in [0.15, 0.2) is 5.78 Å². The minimum atomic E-state index is -0.605. The largest absolute Gasteiger partial charge is 0.507 e. The predicted molar refractivity (Wildman–Crippen MR) is 50.8 cm³/mol. The molecular formula is C8H5BrClFO2. The Morgan fingerprint density at radius 3 is 2.77 bits per heavy atom. The van der Waals surface area contributed by atoms with Crippen LogP contribution in [0, 0.1) is 5.82 Å². The van der Waals surface area contributed by atoms with Crippen molar-refractivity contribution in [2.45, 2.75) is 0 Å².